The Morgan fingerprint density at radius 3 is 2.48 bits per heavy atom. The molecule has 1 heterocycles. The number of aliphatic carboxylic acids is 1. The van der Waals surface area contributed by atoms with Gasteiger partial charge in [-0.3, -0.25) is 4.79 Å². The number of carboxylic acids is 1. The fraction of sp³-hybridized carbons (Fsp3) is 0.211. The third-order valence-corrected chi connectivity index (χ3v) is 5.06. The fourth-order valence-corrected chi connectivity index (χ4v) is 3.59. The molecule has 8 heteroatoms. The number of fused-ring (bicyclic) bond motifs is 1. The van der Waals surface area contributed by atoms with E-state index in [1.807, 2.05) is 0 Å². The number of thioether (sulfide) groups is 1. The van der Waals surface area contributed by atoms with E-state index in [1.54, 1.807) is 35.8 Å². The van der Waals surface area contributed by atoms with Crippen molar-refractivity contribution in [2.24, 2.45) is 0 Å². The molecule has 3 aromatic rings. The molecular formula is C19H16F3NO3S. The summed E-state index contributed by atoms with van der Waals surface area (Å²) in [5.74, 6) is -4.87. The zero-order valence-electron chi connectivity index (χ0n) is 14.2. The molecule has 2 N–H and O–H groups in total. The Hall–Kier alpha value is -2.61. The van der Waals surface area contributed by atoms with Crippen LogP contribution in [-0.2, 0) is 17.8 Å². The Bertz CT molecular complexity index is 1000. The summed E-state index contributed by atoms with van der Waals surface area (Å²) < 4.78 is 40.5. The minimum absolute atomic E-state index is 0.260. The van der Waals surface area contributed by atoms with Crippen molar-refractivity contribution < 1.29 is 28.2 Å². The van der Waals surface area contributed by atoms with E-state index in [4.69, 9.17) is 5.11 Å². The normalized spacial score (nSPS) is 11.4. The van der Waals surface area contributed by atoms with Crippen LogP contribution in [0.4, 0.5) is 13.2 Å². The summed E-state index contributed by atoms with van der Waals surface area (Å²) in [7, 11) is 0. The highest BCUT2D eigenvalue weighted by Crippen LogP contribution is 2.32. The van der Waals surface area contributed by atoms with Gasteiger partial charge < -0.3 is 14.8 Å². The van der Waals surface area contributed by atoms with Crippen LogP contribution in [0.3, 0.4) is 0 Å². The van der Waals surface area contributed by atoms with Gasteiger partial charge in [0.25, 0.3) is 5.76 Å². The van der Waals surface area contributed by atoms with E-state index in [9.17, 15) is 23.1 Å². The number of carboxylic acid groups (broad SMARTS) is 1. The zero-order chi connectivity index (χ0) is 19.7. The summed E-state index contributed by atoms with van der Waals surface area (Å²) in [6.07, 6.45) is -0.260. The average molecular weight is 395 g/mol. The second-order valence-electron chi connectivity index (χ2n) is 6.06. The van der Waals surface area contributed by atoms with Gasteiger partial charge in [-0.15, -0.1) is 0 Å². The van der Waals surface area contributed by atoms with Crippen LogP contribution in [0, 0.1) is 12.7 Å². The lowest BCUT2D eigenvalue weighted by Gasteiger charge is -2.10. The lowest BCUT2D eigenvalue weighted by atomic mass is 10.1. The summed E-state index contributed by atoms with van der Waals surface area (Å²) in [6.45, 7) is 2.04. The van der Waals surface area contributed by atoms with Crippen LogP contribution in [0.15, 0.2) is 41.3 Å². The Balaban J connectivity index is 2.04. The molecule has 0 saturated carbocycles. The van der Waals surface area contributed by atoms with Gasteiger partial charge in [-0.2, -0.15) is 8.78 Å². The highest BCUT2D eigenvalue weighted by atomic mass is 32.2. The molecule has 1 aromatic heterocycles. The fourth-order valence-electron chi connectivity index (χ4n) is 3.09. The highest BCUT2D eigenvalue weighted by molar-refractivity contribution is 7.99. The molecule has 0 aliphatic rings. The van der Waals surface area contributed by atoms with Crippen molar-refractivity contribution in [2.75, 3.05) is 0 Å². The molecular weight excluding hydrogens is 379 g/mol. The maximum atomic E-state index is 13.9. The first-order valence-corrected chi connectivity index (χ1v) is 8.90. The van der Waals surface area contributed by atoms with Gasteiger partial charge in [-0.25, -0.2) is 4.39 Å². The predicted octanol–water partition coefficient (Wildman–Crippen LogP) is 4.78. The van der Waals surface area contributed by atoms with E-state index in [0.717, 1.165) is 5.56 Å². The molecule has 142 valence electrons. The molecule has 0 unspecified atom stereocenters. The van der Waals surface area contributed by atoms with Crippen LogP contribution >= 0.6 is 11.8 Å². The Labute approximate surface area is 157 Å². The molecule has 4 nitrogen and oxygen atoms in total. The number of phenolic OH excluding ortho intramolecular Hbond substituents is 1. The number of hydrogen-bond acceptors (Lipinski definition) is 3. The standard InChI is InChI=1S/C19H16F3NO3S/c1-10-13(7-18(25)26)14-6-17(24)15(20)8-16(14)23(10)9-11-2-4-12(5-3-11)27-19(21)22/h2-6,8,19,24H,7,9H2,1H3,(H,25,26). The van der Waals surface area contributed by atoms with Crippen LogP contribution in [0.25, 0.3) is 10.9 Å². The van der Waals surface area contributed by atoms with Crippen molar-refractivity contribution in [3.63, 3.8) is 0 Å². The van der Waals surface area contributed by atoms with Crippen LogP contribution in [-0.4, -0.2) is 26.5 Å². The molecule has 0 fully saturated rings. The number of halogens is 3. The number of nitrogens with zero attached hydrogens (tertiary/aromatic N) is 1. The van der Waals surface area contributed by atoms with Gasteiger partial charge in [-0.1, -0.05) is 23.9 Å². The number of alkyl halides is 2. The highest BCUT2D eigenvalue weighted by Gasteiger charge is 2.19. The van der Waals surface area contributed by atoms with E-state index in [2.05, 4.69) is 0 Å². The van der Waals surface area contributed by atoms with Gasteiger partial charge in [-0.05, 0) is 36.2 Å². The molecule has 3 rings (SSSR count). The topological polar surface area (TPSA) is 62.5 Å². The van der Waals surface area contributed by atoms with Crippen LogP contribution in [0.1, 0.15) is 16.8 Å². The molecule has 0 spiro atoms. The average Bonchev–Trinajstić information content (AvgIpc) is 2.82. The quantitative estimate of drug-likeness (QED) is 0.590. The summed E-state index contributed by atoms with van der Waals surface area (Å²) >= 11 is 0.451. The Morgan fingerprint density at radius 2 is 1.89 bits per heavy atom. The lowest BCUT2D eigenvalue weighted by Crippen LogP contribution is -2.05. The summed E-state index contributed by atoms with van der Waals surface area (Å²) in [5.41, 5.74) is 2.40. The molecule has 0 amide bonds. The van der Waals surface area contributed by atoms with Crippen molar-refractivity contribution in [2.45, 2.75) is 30.5 Å². The third kappa shape index (κ3) is 4.05. The second kappa shape index (κ2) is 7.56. The maximum absolute atomic E-state index is 13.9. The van der Waals surface area contributed by atoms with E-state index in [0.29, 0.717) is 45.4 Å². The first kappa shape index (κ1) is 19.2. The maximum Gasteiger partial charge on any atom is 0.307 e. The molecule has 2 aromatic carbocycles. The largest absolute Gasteiger partial charge is 0.505 e. The third-order valence-electron chi connectivity index (χ3n) is 4.34. The van der Waals surface area contributed by atoms with Gasteiger partial charge in [0.15, 0.2) is 11.6 Å². The summed E-state index contributed by atoms with van der Waals surface area (Å²) in [4.78, 5) is 11.6. The van der Waals surface area contributed by atoms with Crippen molar-refractivity contribution in [1.29, 1.82) is 0 Å². The first-order valence-electron chi connectivity index (χ1n) is 8.02. The molecule has 0 aliphatic carbocycles. The SMILES string of the molecule is Cc1c(CC(=O)O)c2cc(O)c(F)cc2n1Cc1ccc(SC(F)F)cc1. The predicted molar refractivity (Wildman–Crippen MR) is 97.0 cm³/mol. The van der Waals surface area contributed by atoms with E-state index in [-0.39, 0.29) is 6.42 Å². The van der Waals surface area contributed by atoms with Gasteiger partial charge >= 0.3 is 5.97 Å². The summed E-state index contributed by atoms with van der Waals surface area (Å²) in [5, 5.41) is 19.3. The number of aromatic nitrogens is 1. The van der Waals surface area contributed by atoms with Crippen molar-refractivity contribution in [3.8, 4) is 5.75 Å². The van der Waals surface area contributed by atoms with Gasteiger partial charge in [0.05, 0.1) is 11.9 Å². The molecule has 0 bridgehead atoms. The number of aromatic hydroxyl groups is 1. The second-order valence-corrected chi connectivity index (χ2v) is 7.13. The van der Waals surface area contributed by atoms with E-state index >= 15 is 0 Å². The van der Waals surface area contributed by atoms with Crippen molar-refractivity contribution in [1.82, 2.24) is 4.57 Å². The van der Waals surface area contributed by atoms with Crippen LogP contribution < -0.4 is 0 Å². The zero-order valence-corrected chi connectivity index (χ0v) is 15.1. The van der Waals surface area contributed by atoms with Gasteiger partial charge in [0.1, 0.15) is 0 Å². The van der Waals surface area contributed by atoms with Gasteiger partial charge in [0.2, 0.25) is 0 Å². The summed E-state index contributed by atoms with van der Waals surface area (Å²) in [6, 6.07) is 8.96. The first-order chi connectivity index (χ1) is 12.8. The smallest absolute Gasteiger partial charge is 0.307 e. The number of benzene rings is 2. The number of rotatable bonds is 6. The number of carbonyl (C=O) groups is 1. The van der Waals surface area contributed by atoms with Crippen LogP contribution in [0.5, 0.6) is 5.75 Å². The van der Waals surface area contributed by atoms with Crippen LogP contribution in [0.2, 0.25) is 0 Å². The number of hydrogen-bond donors (Lipinski definition) is 2. The van der Waals surface area contributed by atoms with Gasteiger partial charge in [0, 0.05) is 28.6 Å². The minimum atomic E-state index is -2.50. The Morgan fingerprint density at radius 1 is 1.22 bits per heavy atom. The molecule has 0 saturated heterocycles. The molecule has 0 radical (unpaired) electrons. The lowest BCUT2D eigenvalue weighted by molar-refractivity contribution is -0.136. The monoisotopic (exact) mass is 395 g/mol. The molecule has 27 heavy (non-hydrogen) atoms. The van der Waals surface area contributed by atoms with Crippen molar-refractivity contribution >= 4 is 28.6 Å². The van der Waals surface area contributed by atoms with Crippen molar-refractivity contribution in [3.05, 3.63) is 59.0 Å². The minimum Gasteiger partial charge on any atom is -0.505 e. The van der Waals surface area contributed by atoms with E-state index < -0.39 is 23.3 Å². The Kier molecular flexibility index (Phi) is 5.36. The van der Waals surface area contributed by atoms with E-state index in [1.165, 1.54) is 12.1 Å². The molecule has 0 atom stereocenters. The number of phenols is 1. The molecule has 0 aliphatic heterocycles.